The highest BCUT2D eigenvalue weighted by molar-refractivity contribution is 9.10. The Kier molecular flexibility index (Phi) is 6.37. The summed E-state index contributed by atoms with van der Waals surface area (Å²) in [5, 5.41) is 21.6. The number of rotatable bonds is 6. The molecule has 1 aliphatic heterocycles. The van der Waals surface area contributed by atoms with Gasteiger partial charge in [-0.2, -0.15) is 0 Å². The number of carbonyl (C=O) groups is 2. The number of likely N-dealkylation sites (tertiary alicyclic amines) is 1. The minimum atomic E-state index is -0.939. The van der Waals surface area contributed by atoms with Crippen LogP contribution in [0.5, 0.6) is 11.5 Å². The van der Waals surface area contributed by atoms with Crippen LogP contribution in [-0.2, 0) is 14.3 Å². The number of aromatic nitrogens is 2. The minimum Gasteiger partial charge on any atom is -0.505 e. The molecule has 0 radical (unpaired) electrons. The molecular formula is C24H24BrN3O6. The summed E-state index contributed by atoms with van der Waals surface area (Å²) in [6.07, 6.45) is 1.82. The van der Waals surface area contributed by atoms with E-state index in [2.05, 4.69) is 20.9 Å². The molecule has 2 N–H and O–H groups in total. The number of ether oxygens (including phenoxy) is 2. The van der Waals surface area contributed by atoms with Crippen LogP contribution in [0.15, 0.2) is 40.5 Å². The number of benzene rings is 1. The van der Waals surface area contributed by atoms with Crippen LogP contribution in [0, 0.1) is 13.8 Å². The van der Waals surface area contributed by atoms with Crippen molar-refractivity contribution in [1.82, 2.24) is 14.3 Å². The van der Waals surface area contributed by atoms with Crippen molar-refractivity contribution in [3.8, 4) is 11.5 Å². The fraction of sp³-hybridized carbons (Fsp3) is 0.292. The van der Waals surface area contributed by atoms with Gasteiger partial charge in [-0.3, -0.25) is 9.59 Å². The molecule has 1 aromatic carbocycles. The molecule has 178 valence electrons. The van der Waals surface area contributed by atoms with Crippen molar-refractivity contribution in [3.05, 3.63) is 63.0 Å². The quantitative estimate of drug-likeness (QED) is 0.285. The predicted octanol–water partition coefficient (Wildman–Crippen LogP) is 3.50. The highest BCUT2D eigenvalue weighted by atomic mass is 79.9. The van der Waals surface area contributed by atoms with Gasteiger partial charge in [0.25, 0.3) is 11.7 Å². The lowest BCUT2D eigenvalue weighted by atomic mass is 9.96. The van der Waals surface area contributed by atoms with Crippen LogP contribution in [0.2, 0.25) is 0 Å². The summed E-state index contributed by atoms with van der Waals surface area (Å²) in [5.41, 5.74) is 2.76. The molecule has 34 heavy (non-hydrogen) atoms. The number of halogens is 1. The molecule has 0 aliphatic carbocycles. The van der Waals surface area contributed by atoms with Crippen molar-refractivity contribution >= 4 is 39.0 Å². The van der Waals surface area contributed by atoms with Crippen molar-refractivity contribution in [2.24, 2.45) is 0 Å². The fourth-order valence-electron chi connectivity index (χ4n) is 4.23. The molecule has 4 rings (SSSR count). The summed E-state index contributed by atoms with van der Waals surface area (Å²) < 4.78 is 12.5. The van der Waals surface area contributed by atoms with E-state index in [1.54, 1.807) is 13.0 Å². The Morgan fingerprint density at radius 3 is 2.62 bits per heavy atom. The first kappa shape index (κ1) is 23.8. The van der Waals surface area contributed by atoms with Crippen LogP contribution >= 0.6 is 15.9 Å². The smallest absolute Gasteiger partial charge is 0.295 e. The number of phenolic OH excluding ortho intramolecular Hbond substituents is 1. The second-order valence-corrected chi connectivity index (χ2v) is 8.82. The summed E-state index contributed by atoms with van der Waals surface area (Å²) in [5.74, 6) is -1.92. The van der Waals surface area contributed by atoms with E-state index in [0.29, 0.717) is 21.4 Å². The second kappa shape index (κ2) is 9.11. The topological polar surface area (TPSA) is 114 Å². The zero-order valence-corrected chi connectivity index (χ0v) is 20.7. The van der Waals surface area contributed by atoms with E-state index in [9.17, 15) is 19.8 Å². The van der Waals surface area contributed by atoms with Crippen LogP contribution in [0.25, 0.3) is 11.4 Å². The zero-order valence-electron chi connectivity index (χ0n) is 19.1. The first-order chi connectivity index (χ1) is 16.2. The number of fused-ring (bicyclic) bond motifs is 1. The summed E-state index contributed by atoms with van der Waals surface area (Å²) in [7, 11) is 2.89. The average Bonchev–Trinajstić information content (AvgIpc) is 3.29. The molecule has 0 bridgehead atoms. The molecule has 10 heteroatoms. The number of aromatic hydroxyl groups is 1. The summed E-state index contributed by atoms with van der Waals surface area (Å²) in [6, 6.07) is 5.94. The molecule has 3 aromatic rings. The number of imidazole rings is 1. The van der Waals surface area contributed by atoms with Gasteiger partial charge in [-0.25, -0.2) is 4.98 Å². The van der Waals surface area contributed by atoms with Gasteiger partial charge in [0.2, 0.25) is 0 Å². The van der Waals surface area contributed by atoms with Gasteiger partial charge in [-0.05, 0) is 59.1 Å². The number of nitrogens with zero attached hydrogens (tertiary/aromatic N) is 3. The number of pyridine rings is 1. The van der Waals surface area contributed by atoms with E-state index < -0.39 is 17.7 Å². The molecule has 1 aliphatic rings. The number of aryl methyl sites for hydroxylation is 2. The Morgan fingerprint density at radius 1 is 1.24 bits per heavy atom. The highest BCUT2D eigenvalue weighted by Crippen LogP contribution is 2.44. The third kappa shape index (κ3) is 3.72. The predicted molar refractivity (Wildman–Crippen MR) is 128 cm³/mol. The first-order valence-electron chi connectivity index (χ1n) is 10.5. The summed E-state index contributed by atoms with van der Waals surface area (Å²) in [6.45, 7) is 3.99. The summed E-state index contributed by atoms with van der Waals surface area (Å²) in [4.78, 5) is 32.1. The molecule has 3 heterocycles. The van der Waals surface area contributed by atoms with Gasteiger partial charge < -0.3 is 29.0 Å². The molecule has 1 amide bonds. The SMILES string of the molecule is COCCN1C(=O)C(=O)/C(=C(/O)c2nc3c(C)cccn3c2C)C1c1cc(Br)c(O)c(OC)c1. The van der Waals surface area contributed by atoms with Gasteiger partial charge in [0.1, 0.15) is 11.3 Å². The molecule has 1 unspecified atom stereocenters. The van der Waals surface area contributed by atoms with Crippen molar-refractivity contribution in [1.29, 1.82) is 0 Å². The van der Waals surface area contributed by atoms with Crippen LogP contribution in [0.1, 0.15) is 28.6 Å². The standard InChI is InChI=1S/C24H24BrN3O6/c1-12-6-5-7-27-13(2)18(26-23(12)27)21(30)17-19(28(8-9-33-3)24(32)22(17)31)14-10-15(25)20(29)16(11-14)34-4/h5-7,10-11,19,29-30H,8-9H2,1-4H3/b21-17+. The Balaban J connectivity index is 1.97. The Labute approximate surface area is 204 Å². The maximum Gasteiger partial charge on any atom is 0.295 e. The third-order valence-electron chi connectivity index (χ3n) is 5.97. The number of aliphatic hydroxyl groups is 1. The van der Waals surface area contributed by atoms with E-state index in [0.717, 1.165) is 5.56 Å². The van der Waals surface area contributed by atoms with Crippen LogP contribution in [-0.4, -0.2) is 63.6 Å². The van der Waals surface area contributed by atoms with Gasteiger partial charge >= 0.3 is 0 Å². The average molecular weight is 530 g/mol. The van der Waals surface area contributed by atoms with E-state index in [-0.39, 0.29) is 41.7 Å². The Morgan fingerprint density at radius 2 is 1.97 bits per heavy atom. The van der Waals surface area contributed by atoms with Crippen LogP contribution in [0.3, 0.4) is 0 Å². The van der Waals surface area contributed by atoms with E-state index in [1.165, 1.54) is 25.2 Å². The normalized spacial score (nSPS) is 17.7. The third-order valence-corrected chi connectivity index (χ3v) is 6.58. The lowest BCUT2D eigenvalue weighted by Gasteiger charge is -2.25. The van der Waals surface area contributed by atoms with Crippen LogP contribution in [0.4, 0.5) is 0 Å². The Hall–Kier alpha value is -3.37. The number of ketones is 1. The molecule has 2 aromatic heterocycles. The molecule has 0 spiro atoms. The zero-order chi connectivity index (χ0) is 24.7. The van der Waals surface area contributed by atoms with E-state index in [4.69, 9.17) is 9.47 Å². The number of aliphatic hydroxyl groups excluding tert-OH is 1. The number of hydrogen-bond acceptors (Lipinski definition) is 7. The van der Waals surface area contributed by atoms with Gasteiger partial charge in [-0.1, -0.05) is 6.07 Å². The van der Waals surface area contributed by atoms with Gasteiger partial charge in [0.15, 0.2) is 17.3 Å². The fourth-order valence-corrected chi connectivity index (χ4v) is 4.69. The second-order valence-electron chi connectivity index (χ2n) is 7.97. The number of methoxy groups -OCH3 is 2. The molecule has 0 saturated carbocycles. The Bertz CT molecular complexity index is 1350. The molecule has 1 saturated heterocycles. The number of phenols is 1. The number of carbonyl (C=O) groups excluding carboxylic acids is 2. The highest BCUT2D eigenvalue weighted by Gasteiger charge is 2.46. The van der Waals surface area contributed by atoms with Gasteiger partial charge in [-0.15, -0.1) is 0 Å². The number of Topliss-reactive ketones (excluding diaryl/α,β-unsaturated/α-hetero) is 1. The van der Waals surface area contributed by atoms with Gasteiger partial charge in [0, 0.05) is 19.9 Å². The lowest BCUT2D eigenvalue weighted by Crippen LogP contribution is -2.32. The first-order valence-corrected chi connectivity index (χ1v) is 11.3. The minimum absolute atomic E-state index is 0.0927. The largest absolute Gasteiger partial charge is 0.505 e. The summed E-state index contributed by atoms with van der Waals surface area (Å²) >= 11 is 3.30. The number of amides is 1. The maximum atomic E-state index is 13.2. The van der Waals surface area contributed by atoms with E-state index >= 15 is 0 Å². The van der Waals surface area contributed by atoms with Crippen LogP contribution < -0.4 is 4.74 Å². The lowest BCUT2D eigenvalue weighted by molar-refractivity contribution is -0.140. The number of hydrogen-bond donors (Lipinski definition) is 2. The van der Waals surface area contributed by atoms with Gasteiger partial charge in [0.05, 0.1) is 35.5 Å². The molecule has 1 atom stereocenters. The van der Waals surface area contributed by atoms with E-state index in [1.807, 2.05) is 29.7 Å². The monoisotopic (exact) mass is 529 g/mol. The van der Waals surface area contributed by atoms with Crippen molar-refractivity contribution in [2.45, 2.75) is 19.9 Å². The molecule has 1 fully saturated rings. The van der Waals surface area contributed by atoms with Crippen molar-refractivity contribution in [3.63, 3.8) is 0 Å². The van der Waals surface area contributed by atoms with Crippen molar-refractivity contribution < 1.29 is 29.3 Å². The van der Waals surface area contributed by atoms with Crippen molar-refractivity contribution in [2.75, 3.05) is 27.4 Å². The maximum absolute atomic E-state index is 13.2. The molecular weight excluding hydrogens is 506 g/mol. The molecule has 9 nitrogen and oxygen atoms in total.